The summed E-state index contributed by atoms with van der Waals surface area (Å²) in [7, 11) is 0. The van der Waals surface area contributed by atoms with Gasteiger partial charge in [-0.2, -0.15) is 0 Å². The van der Waals surface area contributed by atoms with Crippen molar-refractivity contribution >= 4 is 11.4 Å². The molecule has 3 nitrogen and oxygen atoms in total. The number of nitrogens with two attached hydrogens (primary N) is 1. The number of nitrogens with one attached hydrogen (secondary N) is 1. The van der Waals surface area contributed by atoms with Crippen LogP contribution < -0.4 is 5.73 Å². The van der Waals surface area contributed by atoms with Crippen LogP contribution in [-0.4, -0.2) is 10.8 Å². The molecule has 3 heteroatoms. The largest absolute Gasteiger partial charge is 0.398 e. The molecular weight excluding hydrogens is 152 g/mol. The first-order valence-corrected chi connectivity index (χ1v) is 3.70. The van der Waals surface area contributed by atoms with Crippen molar-refractivity contribution in [3.05, 3.63) is 29.3 Å². The van der Waals surface area contributed by atoms with Crippen LogP contribution in [0, 0.1) is 5.41 Å². The first-order valence-electron chi connectivity index (χ1n) is 3.70. The second kappa shape index (κ2) is 3.36. The Balaban J connectivity index is 3.23. The van der Waals surface area contributed by atoms with Crippen molar-refractivity contribution in [1.29, 1.82) is 5.41 Å². The van der Waals surface area contributed by atoms with Crippen LogP contribution in [0.1, 0.15) is 18.1 Å². The van der Waals surface area contributed by atoms with Gasteiger partial charge < -0.3 is 16.2 Å². The number of nitrogen functional groups attached to an aromatic ring is 1. The van der Waals surface area contributed by atoms with Gasteiger partial charge in [0.05, 0.1) is 6.61 Å². The van der Waals surface area contributed by atoms with Crippen LogP contribution >= 0.6 is 0 Å². The molecule has 64 valence electrons. The standard InChI is InChI=1S/C9H12N2O/c1-6(10)8-4-2-3-7(5-12)9(8)11/h2-4,10,12H,5,11H2,1H3. The smallest absolute Gasteiger partial charge is 0.0702 e. The first kappa shape index (κ1) is 8.74. The summed E-state index contributed by atoms with van der Waals surface area (Å²) in [6.45, 7) is 1.60. The number of hydrogen-bond donors (Lipinski definition) is 3. The van der Waals surface area contributed by atoms with Gasteiger partial charge in [0.15, 0.2) is 0 Å². The first-order chi connectivity index (χ1) is 5.66. The summed E-state index contributed by atoms with van der Waals surface area (Å²) in [6, 6.07) is 5.31. The lowest BCUT2D eigenvalue weighted by molar-refractivity contribution is 0.282. The number of aliphatic hydroxyl groups is 1. The van der Waals surface area contributed by atoms with E-state index in [1.165, 1.54) is 0 Å². The lowest BCUT2D eigenvalue weighted by Gasteiger charge is -2.07. The van der Waals surface area contributed by atoms with E-state index in [2.05, 4.69) is 0 Å². The monoisotopic (exact) mass is 164 g/mol. The maximum absolute atomic E-state index is 8.87. The molecule has 0 amide bonds. The summed E-state index contributed by atoms with van der Waals surface area (Å²) in [4.78, 5) is 0. The van der Waals surface area contributed by atoms with Gasteiger partial charge in [-0.15, -0.1) is 0 Å². The molecule has 0 bridgehead atoms. The molecule has 0 radical (unpaired) electrons. The molecule has 0 unspecified atom stereocenters. The fourth-order valence-electron chi connectivity index (χ4n) is 1.08. The zero-order valence-electron chi connectivity index (χ0n) is 6.96. The van der Waals surface area contributed by atoms with Crippen LogP contribution in [0.3, 0.4) is 0 Å². The van der Waals surface area contributed by atoms with E-state index in [9.17, 15) is 0 Å². The van der Waals surface area contributed by atoms with E-state index in [-0.39, 0.29) is 6.61 Å². The third kappa shape index (κ3) is 1.46. The van der Waals surface area contributed by atoms with E-state index in [0.29, 0.717) is 22.5 Å². The summed E-state index contributed by atoms with van der Waals surface area (Å²) in [5.74, 6) is 0. The minimum absolute atomic E-state index is 0.0764. The average molecular weight is 164 g/mol. The molecule has 0 aromatic heterocycles. The van der Waals surface area contributed by atoms with Crippen molar-refractivity contribution < 1.29 is 5.11 Å². The molecule has 0 aliphatic rings. The topological polar surface area (TPSA) is 70.1 Å². The summed E-state index contributed by atoms with van der Waals surface area (Å²) >= 11 is 0. The lowest BCUT2D eigenvalue weighted by atomic mass is 10.0. The quantitative estimate of drug-likeness (QED) is 0.453. The van der Waals surface area contributed by atoms with Gasteiger partial charge in [-0.3, -0.25) is 0 Å². The van der Waals surface area contributed by atoms with E-state index in [1.807, 2.05) is 0 Å². The van der Waals surface area contributed by atoms with Gasteiger partial charge in [0.2, 0.25) is 0 Å². The maximum atomic E-state index is 8.87. The van der Waals surface area contributed by atoms with Crippen molar-refractivity contribution in [2.45, 2.75) is 13.5 Å². The minimum Gasteiger partial charge on any atom is -0.398 e. The SMILES string of the molecule is CC(=N)c1cccc(CO)c1N. The van der Waals surface area contributed by atoms with Crippen molar-refractivity contribution in [1.82, 2.24) is 0 Å². The normalized spacial score (nSPS) is 9.83. The van der Waals surface area contributed by atoms with Gasteiger partial charge >= 0.3 is 0 Å². The number of para-hydroxylation sites is 1. The zero-order valence-corrected chi connectivity index (χ0v) is 6.96. The van der Waals surface area contributed by atoms with E-state index in [4.69, 9.17) is 16.2 Å². The fraction of sp³-hybridized carbons (Fsp3) is 0.222. The Labute approximate surface area is 71.3 Å². The van der Waals surface area contributed by atoms with Gasteiger partial charge in [0.25, 0.3) is 0 Å². The van der Waals surface area contributed by atoms with Crippen molar-refractivity contribution in [2.75, 3.05) is 5.73 Å². The molecule has 1 rings (SSSR count). The molecule has 1 aromatic rings. The van der Waals surface area contributed by atoms with Crippen LogP contribution in [0.15, 0.2) is 18.2 Å². The molecule has 12 heavy (non-hydrogen) atoms. The lowest BCUT2D eigenvalue weighted by Crippen LogP contribution is -2.03. The second-order valence-electron chi connectivity index (χ2n) is 2.66. The summed E-state index contributed by atoms with van der Waals surface area (Å²) in [5.41, 5.74) is 8.00. The van der Waals surface area contributed by atoms with Crippen molar-refractivity contribution in [3.8, 4) is 0 Å². The Hall–Kier alpha value is -1.35. The molecule has 0 fully saturated rings. The van der Waals surface area contributed by atoms with Crippen LogP contribution in [-0.2, 0) is 6.61 Å². The van der Waals surface area contributed by atoms with Crippen LogP contribution in [0.25, 0.3) is 0 Å². The van der Waals surface area contributed by atoms with Crippen molar-refractivity contribution in [3.63, 3.8) is 0 Å². The Morgan fingerprint density at radius 1 is 1.58 bits per heavy atom. The highest BCUT2D eigenvalue weighted by molar-refractivity contribution is 6.01. The molecule has 0 aliphatic carbocycles. The minimum atomic E-state index is -0.0764. The summed E-state index contributed by atoms with van der Waals surface area (Å²) < 4.78 is 0. The second-order valence-corrected chi connectivity index (χ2v) is 2.66. The molecule has 0 saturated heterocycles. The molecule has 0 spiro atoms. The van der Waals surface area contributed by atoms with Crippen LogP contribution in [0.4, 0.5) is 5.69 Å². The van der Waals surface area contributed by atoms with Gasteiger partial charge in [0, 0.05) is 22.5 Å². The maximum Gasteiger partial charge on any atom is 0.0702 e. The summed E-state index contributed by atoms with van der Waals surface area (Å²) in [6.07, 6.45) is 0. The predicted octanol–water partition coefficient (Wildman–Crippen LogP) is 1.15. The van der Waals surface area contributed by atoms with Gasteiger partial charge in [-0.05, 0) is 6.92 Å². The highest BCUT2D eigenvalue weighted by Crippen LogP contribution is 2.17. The Bertz CT molecular complexity index is 307. The number of benzene rings is 1. The summed E-state index contributed by atoms with van der Waals surface area (Å²) in [5, 5.41) is 16.3. The number of hydrogen-bond acceptors (Lipinski definition) is 3. The van der Waals surface area contributed by atoms with Gasteiger partial charge in [-0.1, -0.05) is 18.2 Å². The van der Waals surface area contributed by atoms with Gasteiger partial charge in [0.1, 0.15) is 0 Å². The molecule has 1 aromatic carbocycles. The fourth-order valence-corrected chi connectivity index (χ4v) is 1.08. The molecule has 4 N–H and O–H groups in total. The Kier molecular flexibility index (Phi) is 2.45. The number of rotatable bonds is 2. The van der Waals surface area contributed by atoms with Gasteiger partial charge in [-0.25, -0.2) is 0 Å². The molecular formula is C9H12N2O. The van der Waals surface area contributed by atoms with E-state index in [0.717, 1.165) is 0 Å². The van der Waals surface area contributed by atoms with Crippen LogP contribution in [0.5, 0.6) is 0 Å². The third-order valence-electron chi connectivity index (χ3n) is 1.77. The third-order valence-corrected chi connectivity index (χ3v) is 1.77. The Morgan fingerprint density at radius 2 is 2.25 bits per heavy atom. The Morgan fingerprint density at radius 3 is 2.75 bits per heavy atom. The zero-order chi connectivity index (χ0) is 9.14. The van der Waals surface area contributed by atoms with E-state index < -0.39 is 0 Å². The van der Waals surface area contributed by atoms with Crippen LogP contribution in [0.2, 0.25) is 0 Å². The highest BCUT2D eigenvalue weighted by Gasteiger charge is 2.04. The molecule has 0 saturated carbocycles. The predicted molar refractivity (Wildman–Crippen MR) is 49.3 cm³/mol. The van der Waals surface area contributed by atoms with E-state index >= 15 is 0 Å². The number of anilines is 1. The highest BCUT2D eigenvalue weighted by atomic mass is 16.3. The van der Waals surface area contributed by atoms with E-state index in [1.54, 1.807) is 25.1 Å². The molecule has 0 atom stereocenters. The van der Waals surface area contributed by atoms with Crippen molar-refractivity contribution in [2.24, 2.45) is 0 Å². The number of aliphatic hydroxyl groups excluding tert-OH is 1. The molecule has 0 aliphatic heterocycles. The molecule has 0 heterocycles. The average Bonchev–Trinajstić information content (AvgIpc) is 2.04.